The lowest BCUT2D eigenvalue weighted by molar-refractivity contribution is 1.12. The van der Waals surface area contributed by atoms with Gasteiger partial charge in [0.15, 0.2) is 0 Å². The van der Waals surface area contributed by atoms with Crippen LogP contribution in [0, 0.1) is 6.92 Å². The molecule has 0 unspecified atom stereocenters. The van der Waals surface area contributed by atoms with Crippen molar-refractivity contribution in [2.24, 2.45) is 0 Å². The van der Waals surface area contributed by atoms with Crippen molar-refractivity contribution in [1.82, 2.24) is 9.97 Å². The summed E-state index contributed by atoms with van der Waals surface area (Å²) in [6.07, 6.45) is 3.53. The largest absolute Gasteiger partial charge is 0.261 e. The molecule has 0 bridgehead atoms. The van der Waals surface area contributed by atoms with Gasteiger partial charge in [0.05, 0.1) is 17.6 Å². The van der Waals surface area contributed by atoms with Crippen molar-refractivity contribution >= 4 is 15.9 Å². The van der Waals surface area contributed by atoms with Crippen molar-refractivity contribution in [3.05, 3.63) is 46.8 Å². The van der Waals surface area contributed by atoms with Crippen LogP contribution in [0.5, 0.6) is 0 Å². The Morgan fingerprint density at radius 1 is 1.07 bits per heavy atom. The Labute approximate surface area is 91.2 Å². The highest BCUT2D eigenvalue weighted by Crippen LogP contribution is 2.19. The summed E-state index contributed by atoms with van der Waals surface area (Å²) in [6.45, 7) is 1.94. The number of benzene rings is 1. The lowest BCUT2D eigenvalue weighted by Crippen LogP contribution is -1.88. The maximum absolute atomic E-state index is 4.40. The van der Waals surface area contributed by atoms with Crippen LogP contribution in [-0.4, -0.2) is 9.97 Å². The van der Waals surface area contributed by atoms with Crippen molar-refractivity contribution in [2.75, 3.05) is 0 Å². The molecule has 1 aromatic carbocycles. The molecule has 0 radical (unpaired) electrons. The van der Waals surface area contributed by atoms with E-state index in [1.54, 1.807) is 12.4 Å². The Morgan fingerprint density at radius 2 is 1.79 bits per heavy atom. The summed E-state index contributed by atoms with van der Waals surface area (Å²) in [5.41, 5.74) is 2.94. The molecular formula is C11H9BrN2. The molecule has 0 N–H and O–H groups in total. The third kappa shape index (κ3) is 1.99. The molecule has 1 heterocycles. The van der Waals surface area contributed by atoms with Crippen LogP contribution in [0.25, 0.3) is 11.3 Å². The SMILES string of the molecule is Cc1cncc(-c2ccc(Br)cc2)n1. The molecule has 2 rings (SSSR count). The zero-order valence-electron chi connectivity index (χ0n) is 7.74. The van der Waals surface area contributed by atoms with Crippen LogP contribution in [0.15, 0.2) is 41.1 Å². The Kier molecular flexibility index (Phi) is 2.59. The molecule has 0 atom stereocenters. The number of nitrogens with zero attached hydrogens (tertiary/aromatic N) is 2. The number of hydrogen-bond donors (Lipinski definition) is 0. The highest BCUT2D eigenvalue weighted by atomic mass is 79.9. The predicted molar refractivity (Wildman–Crippen MR) is 59.9 cm³/mol. The first-order valence-electron chi connectivity index (χ1n) is 4.30. The van der Waals surface area contributed by atoms with Crippen molar-refractivity contribution in [3.8, 4) is 11.3 Å². The summed E-state index contributed by atoms with van der Waals surface area (Å²) in [5.74, 6) is 0. The average molecular weight is 249 g/mol. The highest BCUT2D eigenvalue weighted by Gasteiger charge is 1.98. The van der Waals surface area contributed by atoms with E-state index in [-0.39, 0.29) is 0 Å². The van der Waals surface area contributed by atoms with Crippen LogP contribution < -0.4 is 0 Å². The predicted octanol–water partition coefficient (Wildman–Crippen LogP) is 3.21. The Morgan fingerprint density at radius 3 is 2.43 bits per heavy atom. The molecular weight excluding hydrogens is 240 g/mol. The van der Waals surface area contributed by atoms with Crippen LogP contribution in [0.3, 0.4) is 0 Å². The van der Waals surface area contributed by atoms with Gasteiger partial charge >= 0.3 is 0 Å². The van der Waals surface area contributed by atoms with E-state index in [0.717, 1.165) is 21.4 Å². The van der Waals surface area contributed by atoms with Gasteiger partial charge in [0.2, 0.25) is 0 Å². The summed E-state index contributed by atoms with van der Waals surface area (Å²) in [5, 5.41) is 0. The normalized spacial score (nSPS) is 10.1. The zero-order valence-corrected chi connectivity index (χ0v) is 9.32. The van der Waals surface area contributed by atoms with Gasteiger partial charge in [-0.05, 0) is 19.1 Å². The molecule has 70 valence electrons. The smallest absolute Gasteiger partial charge is 0.0888 e. The van der Waals surface area contributed by atoms with Gasteiger partial charge in [0.25, 0.3) is 0 Å². The van der Waals surface area contributed by atoms with E-state index in [4.69, 9.17) is 0 Å². The molecule has 2 nitrogen and oxygen atoms in total. The zero-order chi connectivity index (χ0) is 9.97. The number of hydrogen-bond acceptors (Lipinski definition) is 2. The molecule has 1 aromatic heterocycles. The molecule has 2 aromatic rings. The van der Waals surface area contributed by atoms with Crippen molar-refractivity contribution in [2.45, 2.75) is 6.92 Å². The Balaban J connectivity index is 2.44. The molecule has 0 spiro atoms. The first-order chi connectivity index (χ1) is 6.75. The van der Waals surface area contributed by atoms with Gasteiger partial charge in [-0.25, -0.2) is 4.98 Å². The maximum Gasteiger partial charge on any atom is 0.0888 e. The van der Waals surface area contributed by atoms with Crippen LogP contribution >= 0.6 is 15.9 Å². The van der Waals surface area contributed by atoms with Crippen LogP contribution in [0.1, 0.15) is 5.69 Å². The second-order valence-electron chi connectivity index (χ2n) is 3.05. The summed E-state index contributed by atoms with van der Waals surface area (Å²) < 4.78 is 1.07. The molecule has 14 heavy (non-hydrogen) atoms. The van der Waals surface area contributed by atoms with Gasteiger partial charge in [0.1, 0.15) is 0 Å². The van der Waals surface area contributed by atoms with Crippen molar-refractivity contribution in [3.63, 3.8) is 0 Å². The van der Waals surface area contributed by atoms with E-state index in [9.17, 15) is 0 Å². The van der Waals surface area contributed by atoms with Gasteiger partial charge < -0.3 is 0 Å². The monoisotopic (exact) mass is 248 g/mol. The molecule has 0 aliphatic rings. The standard InChI is InChI=1S/C11H9BrN2/c1-8-6-13-7-11(14-8)9-2-4-10(12)5-3-9/h2-7H,1H3. The third-order valence-corrected chi connectivity index (χ3v) is 2.42. The van der Waals surface area contributed by atoms with E-state index in [0.29, 0.717) is 0 Å². The van der Waals surface area contributed by atoms with Gasteiger partial charge in [-0.3, -0.25) is 4.98 Å². The fourth-order valence-electron chi connectivity index (χ4n) is 1.22. The fourth-order valence-corrected chi connectivity index (χ4v) is 1.49. The second kappa shape index (κ2) is 3.88. The molecule has 0 amide bonds. The van der Waals surface area contributed by atoms with Gasteiger partial charge in [0, 0.05) is 16.2 Å². The third-order valence-electron chi connectivity index (χ3n) is 1.89. The lowest BCUT2D eigenvalue weighted by Gasteiger charge is -2.00. The van der Waals surface area contributed by atoms with Gasteiger partial charge in [-0.2, -0.15) is 0 Å². The molecule has 0 saturated heterocycles. The van der Waals surface area contributed by atoms with E-state index < -0.39 is 0 Å². The number of aryl methyl sites for hydroxylation is 1. The highest BCUT2D eigenvalue weighted by molar-refractivity contribution is 9.10. The molecule has 0 fully saturated rings. The van der Waals surface area contributed by atoms with Crippen LogP contribution in [0.4, 0.5) is 0 Å². The summed E-state index contributed by atoms with van der Waals surface area (Å²) in [6, 6.07) is 8.04. The maximum atomic E-state index is 4.40. The molecule has 3 heteroatoms. The average Bonchev–Trinajstić information content (AvgIpc) is 2.19. The van der Waals surface area contributed by atoms with Crippen LogP contribution in [0.2, 0.25) is 0 Å². The van der Waals surface area contributed by atoms with E-state index >= 15 is 0 Å². The minimum Gasteiger partial charge on any atom is -0.261 e. The van der Waals surface area contributed by atoms with Crippen molar-refractivity contribution < 1.29 is 0 Å². The van der Waals surface area contributed by atoms with Gasteiger partial charge in [-0.1, -0.05) is 28.1 Å². The minimum atomic E-state index is 0.914. The minimum absolute atomic E-state index is 0.914. The van der Waals surface area contributed by atoms with E-state index in [1.807, 2.05) is 31.2 Å². The Bertz CT molecular complexity index is 437. The van der Waals surface area contributed by atoms with Gasteiger partial charge in [-0.15, -0.1) is 0 Å². The molecule has 0 aliphatic heterocycles. The van der Waals surface area contributed by atoms with Crippen LogP contribution in [-0.2, 0) is 0 Å². The van der Waals surface area contributed by atoms with E-state index in [1.165, 1.54) is 0 Å². The second-order valence-corrected chi connectivity index (χ2v) is 3.97. The summed E-state index contributed by atoms with van der Waals surface area (Å²) in [7, 11) is 0. The molecule has 0 aliphatic carbocycles. The summed E-state index contributed by atoms with van der Waals surface area (Å²) >= 11 is 3.40. The van der Waals surface area contributed by atoms with E-state index in [2.05, 4.69) is 25.9 Å². The quantitative estimate of drug-likeness (QED) is 0.775. The first-order valence-corrected chi connectivity index (χ1v) is 5.09. The van der Waals surface area contributed by atoms with Crippen molar-refractivity contribution in [1.29, 1.82) is 0 Å². The first kappa shape index (κ1) is 9.34. The number of rotatable bonds is 1. The summed E-state index contributed by atoms with van der Waals surface area (Å²) in [4.78, 5) is 8.50. The number of halogens is 1. The fraction of sp³-hybridized carbons (Fsp3) is 0.0909. The molecule has 0 saturated carbocycles. The Hall–Kier alpha value is -1.22. The number of aromatic nitrogens is 2. The topological polar surface area (TPSA) is 25.8 Å². The lowest BCUT2D eigenvalue weighted by atomic mass is 10.2.